The van der Waals surface area contributed by atoms with Crippen LogP contribution in [0.5, 0.6) is 5.75 Å². The van der Waals surface area contributed by atoms with Crippen molar-refractivity contribution in [3.05, 3.63) is 96.2 Å². The van der Waals surface area contributed by atoms with Gasteiger partial charge < -0.3 is 14.2 Å². The molecule has 2 aromatic carbocycles. The van der Waals surface area contributed by atoms with Gasteiger partial charge in [-0.25, -0.2) is 14.6 Å². The van der Waals surface area contributed by atoms with Crippen molar-refractivity contribution in [3.8, 4) is 5.75 Å². The zero-order chi connectivity index (χ0) is 27.4. The highest BCUT2D eigenvalue weighted by molar-refractivity contribution is 7.07. The number of carbonyl (C=O) groups excluding carboxylic acids is 2. The summed E-state index contributed by atoms with van der Waals surface area (Å²) in [6.07, 6.45) is 2.37. The summed E-state index contributed by atoms with van der Waals surface area (Å²) in [7, 11) is 1.31. The molecule has 1 aliphatic rings. The van der Waals surface area contributed by atoms with E-state index in [0.717, 1.165) is 17.7 Å². The minimum absolute atomic E-state index is 0.274. The molecule has 8 nitrogen and oxygen atoms in total. The molecule has 198 valence electrons. The fraction of sp³-hybridized carbons (Fsp3) is 0.310. The van der Waals surface area contributed by atoms with Crippen molar-refractivity contribution in [2.45, 2.75) is 46.3 Å². The Hall–Kier alpha value is -3.98. The minimum Gasteiger partial charge on any atom is -0.494 e. The normalized spacial score (nSPS) is 15.2. The summed E-state index contributed by atoms with van der Waals surface area (Å²) in [5.74, 6) is -0.247. The van der Waals surface area contributed by atoms with E-state index in [9.17, 15) is 14.4 Å². The maximum absolute atomic E-state index is 13.7. The first kappa shape index (κ1) is 27.1. The maximum Gasteiger partial charge on any atom is 0.338 e. The van der Waals surface area contributed by atoms with Crippen LogP contribution in [0.25, 0.3) is 6.08 Å². The molecule has 0 spiro atoms. The number of fused-ring (bicyclic) bond motifs is 1. The topological polar surface area (TPSA) is 96.2 Å². The third-order valence-electron chi connectivity index (χ3n) is 5.88. The van der Waals surface area contributed by atoms with Crippen LogP contribution in [0.2, 0.25) is 0 Å². The lowest BCUT2D eigenvalue weighted by molar-refractivity contribution is -0.143. The summed E-state index contributed by atoms with van der Waals surface area (Å²) in [5, 5.41) is 0. The van der Waals surface area contributed by atoms with Crippen molar-refractivity contribution >= 4 is 29.4 Å². The number of thiazole rings is 1. The Labute approximate surface area is 224 Å². The second-order valence-electron chi connectivity index (χ2n) is 9.07. The second-order valence-corrected chi connectivity index (χ2v) is 10.1. The molecule has 38 heavy (non-hydrogen) atoms. The minimum atomic E-state index is -0.767. The quantitative estimate of drug-likeness (QED) is 0.409. The first-order valence-corrected chi connectivity index (χ1v) is 13.2. The lowest BCUT2D eigenvalue weighted by Crippen LogP contribution is -2.40. The van der Waals surface area contributed by atoms with Gasteiger partial charge in [0.1, 0.15) is 5.75 Å². The number of esters is 2. The first-order chi connectivity index (χ1) is 18.2. The van der Waals surface area contributed by atoms with E-state index in [1.165, 1.54) is 23.0 Å². The molecule has 0 aliphatic carbocycles. The Morgan fingerprint density at radius 2 is 1.76 bits per heavy atom. The molecule has 4 rings (SSSR count). The largest absolute Gasteiger partial charge is 0.494 e. The van der Waals surface area contributed by atoms with Crippen LogP contribution in [0, 0.1) is 0 Å². The summed E-state index contributed by atoms with van der Waals surface area (Å²) < 4.78 is 18.0. The van der Waals surface area contributed by atoms with E-state index in [2.05, 4.69) is 4.99 Å². The van der Waals surface area contributed by atoms with E-state index in [-0.39, 0.29) is 17.2 Å². The molecule has 1 aliphatic heterocycles. The predicted octanol–water partition coefficient (Wildman–Crippen LogP) is 3.76. The third-order valence-corrected chi connectivity index (χ3v) is 6.87. The van der Waals surface area contributed by atoms with Gasteiger partial charge in [-0.2, -0.15) is 0 Å². The Kier molecular flexibility index (Phi) is 8.26. The molecule has 0 saturated heterocycles. The van der Waals surface area contributed by atoms with E-state index in [1.807, 2.05) is 31.2 Å². The van der Waals surface area contributed by atoms with Gasteiger partial charge in [0.15, 0.2) is 4.80 Å². The molecule has 1 aromatic heterocycles. The van der Waals surface area contributed by atoms with Gasteiger partial charge in [-0.3, -0.25) is 9.36 Å². The SMILES string of the molecule is CCCOc1ccc(C=c2sc3n(c2=O)C(c2ccc(C(=O)OC)cc2)C(C(=O)OC(C)C)=C(C)N=3)cc1. The zero-order valence-electron chi connectivity index (χ0n) is 22.0. The Morgan fingerprint density at radius 3 is 2.37 bits per heavy atom. The molecule has 3 aromatic rings. The molecule has 0 bridgehead atoms. The molecule has 0 amide bonds. The monoisotopic (exact) mass is 534 g/mol. The van der Waals surface area contributed by atoms with E-state index in [0.29, 0.717) is 32.8 Å². The van der Waals surface area contributed by atoms with Crippen LogP contribution in [-0.2, 0) is 14.3 Å². The average molecular weight is 535 g/mol. The molecule has 9 heteroatoms. The third kappa shape index (κ3) is 5.62. The molecule has 0 N–H and O–H groups in total. The van der Waals surface area contributed by atoms with Gasteiger partial charge in [-0.1, -0.05) is 42.5 Å². The van der Waals surface area contributed by atoms with Crippen LogP contribution in [0.3, 0.4) is 0 Å². The van der Waals surface area contributed by atoms with Gasteiger partial charge in [0, 0.05) is 0 Å². The number of allylic oxidation sites excluding steroid dienone is 1. The highest BCUT2D eigenvalue weighted by atomic mass is 32.1. The maximum atomic E-state index is 13.7. The number of benzene rings is 2. The van der Waals surface area contributed by atoms with Gasteiger partial charge in [0.25, 0.3) is 5.56 Å². The van der Waals surface area contributed by atoms with Crippen molar-refractivity contribution in [2.24, 2.45) is 4.99 Å². The molecule has 1 unspecified atom stereocenters. The van der Waals surface area contributed by atoms with E-state index in [1.54, 1.807) is 51.1 Å². The number of ether oxygens (including phenoxy) is 3. The average Bonchev–Trinajstić information content (AvgIpc) is 3.20. The molecule has 1 atom stereocenters. The molecular weight excluding hydrogens is 504 g/mol. The first-order valence-electron chi connectivity index (χ1n) is 12.4. The lowest BCUT2D eigenvalue weighted by Gasteiger charge is -2.25. The van der Waals surface area contributed by atoms with Gasteiger partial charge in [-0.15, -0.1) is 0 Å². The summed E-state index contributed by atoms with van der Waals surface area (Å²) in [6, 6.07) is 13.4. The highest BCUT2D eigenvalue weighted by Crippen LogP contribution is 2.31. The summed E-state index contributed by atoms with van der Waals surface area (Å²) in [6.45, 7) is 7.95. The summed E-state index contributed by atoms with van der Waals surface area (Å²) >= 11 is 1.25. The van der Waals surface area contributed by atoms with Crippen LogP contribution >= 0.6 is 11.3 Å². The van der Waals surface area contributed by atoms with Crippen molar-refractivity contribution in [3.63, 3.8) is 0 Å². The van der Waals surface area contributed by atoms with E-state index in [4.69, 9.17) is 14.2 Å². The number of aromatic nitrogens is 1. The van der Waals surface area contributed by atoms with Crippen molar-refractivity contribution in [2.75, 3.05) is 13.7 Å². The van der Waals surface area contributed by atoms with Crippen LogP contribution < -0.4 is 19.6 Å². The molecule has 2 heterocycles. The predicted molar refractivity (Wildman–Crippen MR) is 145 cm³/mol. The van der Waals surface area contributed by atoms with Gasteiger partial charge >= 0.3 is 11.9 Å². The number of hydrogen-bond acceptors (Lipinski definition) is 8. The number of rotatable bonds is 8. The van der Waals surface area contributed by atoms with Gasteiger partial charge in [0.2, 0.25) is 0 Å². The van der Waals surface area contributed by atoms with Crippen molar-refractivity contribution < 1.29 is 23.8 Å². The van der Waals surface area contributed by atoms with Crippen LogP contribution in [-0.4, -0.2) is 36.3 Å². The standard InChI is InChI=1S/C29H30N2O6S/c1-6-15-36-22-13-7-19(8-14-22)16-23-26(32)31-25(20-9-11-21(12-10-20)27(33)35-5)24(28(34)37-17(2)3)18(4)30-29(31)38-23/h7-14,16-17,25H,6,15H2,1-5H3. The number of carbonyl (C=O) groups is 2. The number of hydrogen-bond donors (Lipinski definition) is 0. The zero-order valence-corrected chi connectivity index (χ0v) is 22.8. The lowest BCUT2D eigenvalue weighted by atomic mass is 9.95. The Morgan fingerprint density at radius 1 is 1.08 bits per heavy atom. The fourth-order valence-corrected chi connectivity index (χ4v) is 5.17. The van der Waals surface area contributed by atoms with Crippen molar-refractivity contribution in [1.29, 1.82) is 0 Å². The van der Waals surface area contributed by atoms with E-state index < -0.39 is 18.0 Å². The summed E-state index contributed by atoms with van der Waals surface area (Å²) in [5.41, 5.74) is 2.33. The molecular formula is C29H30N2O6S. The number of nitrogens with zero attached hydrogens (tertiary/aromatic N) is 2. The molecule has 0 saturated carbocycles. The van der Waals surface area contributed by atoms with E-state index >= 15 is 0 Å². The van der Waals surface area contributed by atoms with Crippen LogP contribution in [0.4, 0.5) is 0 Å². The van der Waals surface area contributed by atoms with Crippen LogP contribution in [0.1, 0.15) is 61.6 Å². The van der Waals surface area contributed by atoms with Crippen molar-refractivity contribution in [1.82, 2.24) is 4.57 Å². The highest BCUT2D eigenvalue weighted by Gasteiger charge is 2.33. The van der Waals surface area contributed by atoms with Crippen LogP contribution in [0.15, 0.2) is 69.6 Å². The Balaban J connectivity index is 1.83. The molecule has 0 radical (unpaired) electrons. The Bertz CT molecular complexity index is 1550. The smallest absolute Gasteiger partial charge is 0.338 e. The fourth-order valence-electron chi connectivity index (χ4n) is 4.13. The summed E-state index contributed by atoms with van der Waals surface area (Å²) in [4.78, 5) is 44.0. The van der Waals surface area contributed by atoms with Gasteiger partial charge in [-0.05, 0) is 68.7 Å². The number of methoxy groups -OCH3 is 1. The second kappa shape index (κ2) is 11.6. The van der Waals surface area contributed by atoms with Gasteiger partial charge in [0.05, 0.1) is 47.2 Å². The molecule has 0 fully saturated rings.